The van der Waals surface area contributed by atoms with E-state index in [0.717, 1.165) is 12.6 Å². The lowest BCUT2D eigenvalue weighted by atomic mass is 10.1. The SMILES string of the molecule is C=CCNC(=NCCc1cc(F)cc(F)c1)NCC.I. The number of guanidine groups is 1. The lowest BCUT2D eigenvalue weighted by molar-refractivity contribution is 0.579. The minimum absolute atomic E-state index is 0. The molecule has 0 heterocycles. The number of halogens is 3. The molecule has 20 heavy (non-hydrogen) atoms. The Balaban J connectivity index is 0.00000361. The molecule has 1 aromatic rings. The normalized spacial score (nSPS) is 10.7. The largest absolute Gasteiger partial charge is 0.357 e. The summed E-state index contributed by atoms with van der Waals surface area (Å²) in [5.74, 6) is -0.453. The summed E-state index contributed by atoms with van der Waals surface area (Å²) in [6, 6.07) is 3.51. The highest BCUT2D eigenvalue weighted by Gasteiger charge is 2.00. The fourth-order valence-corrected chi connectivity index (χ4v) is 1.56. The summed E-state index contributed by atoms with van der Waals surface area (Å²) >= 11 is 0. The molecule has 0 amide bonds. The predicted molar refractivity (Wildman–Crippen MR) is 89.7 cm³/mol. The van der Waals surface area contributed by atoms with Crippen molar-refractivity contribution in [3.05, 3.63) is 48.1 Å². The zero-order valence-corrected chi connectivity index (χ0v) is 13.8. The fourth-order valence-electron chi connectivity index (χ4n) is 1.56. The minimum atomic E-state index is -0.560. The Hall–Kier alpha value is -1.18. The second-order valence-corrected chi connectivity index (χ2v) is 3.96. The van der Waals surface area contributed by atoms with E-state index in [1.54, 1.807) is 6.08 Å². The highest BCUT2D eigenvalue weighted by Crippen LogP contribution is 2.08. The number of nitrogens with one attached hydrogen (secondary N) is 2. The second-order valence-electron chi connectivity index (χ2n) is 3.96. The number of aliphatic imine (C=N–C) groups is 1. The molecule has 112 valence electrons. The van der Waals surface area contributed by atoms with Crippen molar-refractivity contribution in [2.75, 3.05) is 19.6 Å². The lowest BCUT2D eigenvalue weighted by Crippen LogP contribution is -2.37. The van der Waals surface area contributed by atoms with Gasteiger partial charge in [0.2, 0.25) is 0 Å². The zero-order chi connectivity index (χ0) is 14.1. The molecule has 0 fully saturated rings. The van der Waals surface area contributed by atoms with Gasteiger partial charge in [0.25, 0.3) is 0 Å². The van der Waals surface area contributed by atoms with E-state index in [9.17, 15) is 8.78 Å². The molecule has 0 atom stereocenters. The molecule has 0 aliphatic heterocycles. The van der Waals surface area contributed by atoms with Crippen LogP contribution in [0.5, 0.6) is 0 Å². The molecule has 0 bridgehead atoms. The third-order valence-electron chi connectivity index (χ3n) is 2.35. The van der Waals surface area contributed by atoms with Crippen LogP contribution in [0.15, 0.2) is 35.8 Å². The second kappa shape index (κ2) is 10.6. The molecule has 0 aliphatic rings. The Labute approximate surface area is 135 Å². The number of nitrogens with zero attached hydrogens (tertiary/aromatic N) is 1. The summed E-state index contributed by atoms with van der Waals surface area (Å²) < 4.78 is 26.0. The van der Waals surface area contributed by atoms with Crippen LogP contribution in [0.1, 0.15) is 12.5 Å². The minimum Gasteiger partial charge on any atom is -0.357 e. The molecule has 0 spiro atoms. The average Bonchev–Trinajstić information content (AvgIpc) is 2.34. The van der Waals surface area contributed by atoms with Gasteiger partial charge in [0, 0.05) is 25.7 Å². The molecule has 0 saturated carbocycles. The van der Waals surface area contributed by atoms with Crippen LogP contribution in [-0.4, -0.2) is 25.6 Å². The fraction of sp³-hybridized carbons (Fsp3) is 0.357. The first kappa shape index (κ1) is 18.8. The van der Waals surface area contributed by atoms with Crippen LogP contribution in [0.2, 0.25) is 0 Å². The van der Waals surface area contributed by atoms with Crippen LogP contribution in [0, 0.1) is 11.6 Å². The summed E-state index contributed by atoms with van der Waals surface area (Å²) in [4.78, 5) is 4.31. The molecule has 0 saturated heterocycles. The molecule has 6 heteroatoms. The molecular weight excluding hydrogens is 375 g/mol. The Morgan fingerprint density at radius 1 is 1.25 bits per heavy atom. The van der Waals surface area contributed by atoms with Crippen LogP contribution in [0.3, 0.4) is 0 Å². The molecule has 2 N–H and O–H groups in total. The molecule has 1 rings (SSSR count). The van der Waals surface area contributed by atoms with E-state index in [0.29, 0.717) is 31.0 Å². The van der Waals surface area contributed by atoms with Gasteiger partial charge in [-0.05, 0) is 31.0 Å². The Morgan fingerprint density at radius 2 is 1.90 bits per heavy atom. The maximum Gasteiger partial charge on any atom is 0.191 e. The van der Waals surface area contributed by atoms with Crippen molar-refractivity contribution < 1.29 is 8.78 Å². The quantitative estimate of drug-likeness (QED) is 0.337. The predicted octanol–water partition coefficient (Wildman–Crippen LogP) is 2.87. The van der Waals surface area contributed by atoms with Crippen LogP contribution in [0.25, 0.3) is 0 Å². The standard InChI is InChI=1S/C14H19F2N3.HI/c1-3-6-18-14(17-4-2)19-7-5-11-8-12(15)10-13(16)9-11;/h3,8-10H,1,4-7H2,2H3,(H2,17,18,19);1H. The van der Waals surface area contributed by atoms with Crippen molar-refractivity contribution in [2.45, 2.75) is 13.3 Å². The highest BCUT2D eigenvalue weighted by atomic mass is 127. The lowest BCUT2D eigenvalue weighted by Gasteiger charge is -2.09. The Morgan fingerprint density at radius 3 is 2.45 bits per heavy atom. The van der Waals surface area contributed by atoms with Gasteiger partial charge in [0.1, 0.15) is 11.6 Å². The smallest absolute Gasteiger partial charge is 0.191 e. The van der Waals surface area contributed by atoms with E-state index < -0.39 is 11.6 Å². The van der Waals surface area contributed by atoms with E-state index in [4.69, 9.17) is 0 Å². The topological polar surface area (TPSA) is 36.4 Å². The molecule has 0 radical (unpaired) electrons. The van der Waals surface area contributed by atoms with Crippen molar-refractivity contribution in [3.63, 3.8) is 0 Å². The molecule has 0 unspecified atom stereocenters. The molecule has 3 nitrogen and oxygen atoms in total. The zero-order valence-electron chi connectivity index (χ0n) is 11.5. The van der Waals surface area contributed by atoms with Gasteiger partial charge in [-0.1, -0.05) is 6.08 Å². The van der Waals surface area contributed by atoms with Crippen LogP contribution >= 0.6 is 24.0 Å². The number of hydrogen-bond acceptors (Lipinski definition) is 1. The summed E-state index contributed by atoms with van der Waals surface area (Å²) in [6.45, 7) is 7.39. The summed E-state index contributed by atoms with van der Waals surface area (Å²) in [7, 11) is 0. The maximum absolute atomic E-state index is 13.0. The van der Waals surface area contributed by atoms with Gasteiger partial charge in [0.05, 0.1) is 0 Å². The van der Waals surface area contributed by atoms with Crippen LogP contribution in [-0.2, 0) is 6.42 Å². The van der Waals surface area contributed by atoms with E-state index in [2.05, 4.69) is 22.2 Å². The third-order valence-corrected chi connectivity index (χ3v) is 2.35. The van der Waals surface area contributed by atoms with Gasteiger partial charge in [0.15, 0.2) is 5.96 Å². The molecule has 1 aromatic carbocycles. The van der Waals surface area contributed by atoms with Gasteiger partial charge in [-0.3, -0.25) is 4.99 Å². The monoisotopic (exact) mass is 395 g/mol. The first-order valence-electron chi connectivity index (χ1n) is 6.23. The molecule has 0 aromatic heterocycles. The van der Waals surface area contributed by atoms with Crippen molar-refractivity contribution in [1.82, 2.24) is 10.6 Å². The summed E-state index contributed by atoms with van der Waals surface area (Å²) in [5.41, 5.74) is 0.598. The number of hydrogen-bond donors (Lipinski definition) is 2. The average molecular weight is 395 g/mol. The van der Waals surface area contributed by atoms with Crippen LogP contribution in [0.4, 0.5) is 8.78 Å². The maximum atomic E-state index is 13.0. The van der Waals surface area contributed by atoms with Gasteiger partial charge in [-0.15, -0.1) is 30.6 Å². The molecular formula is C14H20F2IN3. The number of rotatable bonds is 6. The van der Waals surface area contributed by atoms with Crippen molar-refractivity contribution in [3.8, 4) is 0 Å². The van der Waals surface area contributed by atoms with Gasteiger partial charge in [-0.2, -0.15) is 0 Å². The summed E-state index contributed by atoms with van der Waals surface area (Å²) in [6.07, 6.45) is 2.22. The van der Waals surface area contributed by atoms with E-state index in [1.807, 2.05) is 6.92 Å². The third kappa shape index (κ3) is 7.42. The van der Waals surface area contributed by atoms with Gasteiger partial charge in [-0.25, -0.2) is 8.78 Å². The van der Waals surface area contributed by atoms with E-state index in [-0.39, 0.29) is 24.0 Å². The Bertz CT molecular complexity index is 430. The first-order valence-corrected chi connectivity index (χ1v) is 6.23. The first-order chi connectivity index (χ1) is 9.15. The van der Waals surface area contributed by atoms with Crippen LogP contribution < -0.4 is 10.6 Å². The van der Waals surface area contributed by atoms with Crippen molar-refractivity contribution in [1.29, 1.82) is 0 Å². The summed E-state index contributed by atoms with van der Waals surface area (Å²) in [5, 5.41) is 6.12. The highest BCUT2D eigenvalue weighted by molar-refractivity contribution is 14.0. The Kier molecular flexibility index (Phi) is 9.96. The van der Waals surface area contributed by atoms with Gasteiger partial charge >= 0.3 is 0 Å². The molecule has 0 aliphatic carbocycles. The van der Waals surface area contributed by atoms with Crippen molar-refractivity contribution >= 4 is 29.9 Å². The van der Waals surface area contributed by atoms with E-state index >= 15 is 0 Å². The van der Waals surface area contributed by atoms with Crippen molar-refractivity contribution in [2.24, 2.45) is 4.99 Å². The van der Waals surface area contributed by atoms with Gasteiger partial charge < -0.3 is 10.6 Å². The van der Waals surface area contributed by atoms with E-state index in [1.165, 1.54) is 12.1 Å². The number of benzene rings is 1.